The van der Waals surface area contributed by atoms with E-state index in [1.807, 2.05) is 24.3 Å². The third-order valence-corrected chi connectivity index (χ3v) is 5.60. The molecule has 27 heavy (non-hydrogen) atoms. The number of nitrogens with two attached hydrogens (primary N) is 1. The quantitative estimate of drug-likeness (QED) is 0.358. The summed E-state index contributed by atoms with van der Waals surface area (Å²) in [6, 6.07) is 14.3. The Kier molecular flexibility index (Phi) is 4.83. The average molecular weight is 451 g/mol. The van der Waals surface area contributed by atoms with Crippen LogP contribution in [0.2, 0.25) is 0 Å². The second-order valence-corrected chi connectivity index (χ2v) is 7.41. The molecule has 0 bridgehead atoms. The molecule has 0 fully saturated rings. The molecule has 4 rings (SSSR count). The summed E-state index contributed by atoms with van der Waals surface area (Å²) in [6.45, 7) is -2.68. The molecule has 6 nitrogen and oxygen atoms in total. The number of benzene rings is 2. The predicted octanol–water partition coefficient (Wildman–Crippen LogP) is 4.46. The van der Waals surface area contributed by atoms with Crippen molar-refractivity contribution in [1.29, 1.82) is 0 Å². The number of nitrogens with zero attached hydrogens (tertiary/aromatic N) is 5. The van der Waals surface area contributed by atoms with Crippen molar-refractivity contribution in [2.75, 3.05) is 5.84 Å². The van der Waals surface area contributed by atoms with Gasteiger partial charge < -0.3 is 5.84 Å². The van der Waals surface area contributed by atoms with Gasteiger partial charge in [-0.3, -0.25) is 4.57 Å². The first kappa shape index (κ1) is 17.9. The molecule has 0 aliphatic heterocycles. The number of hydrogen-bond donors (Lipinski definition) is 1. The number of rotatable bonds is 5. The molecule has 0 radical (unpaired) electrons. The van der Waals surface area contributed by atoms with Crippen LogP contribution >= 0.6 is 27.7 Å². The van der Waals surface area contributed by atoms with E-state index in [2.05, 4.69) is 31.1 Å². The number of para-hydroxylation sites is 2. The first-order valence-corrected chi connectivity index (χ1v) is 9.66. The number of imidazole rings is 1. The molecule has 4 aromatic rings. The molecular weight excluding hydrogens is 438 g/mol. The van der Waals surface area contributed by atoms with E-state index in [1.165, 1.54) is 16.4 Å². The summed E-state index contributed by atoms with van der Waals surface area (Å²) in [5, 5.41) is 8.61. The number of thioether (sulfide) groups is 1. The summed E-state index contributed by atoms with van der Waals surface area (Å²) < 4.78 is 30.1. The lowest BCUT2D eigenvalue weighted by Gasteiger charge is -2.08. The minimum absolute atomic E-state index is 0.185. The van der Waals surface area contributed by atoms with Gasteiger partial charge in [-0.1, -0.05) is 52.0 Å². The molecule has 0 atom stereocenters. The Morgan fingerprint density at radius 1 is 1.07 bits per heavy atom. The molecule has 2 aromatic carbocycles. The number of nitrogen functional groups attached to an aromatic ring is 1. The minimum Gasteiger partial charge on any atom is -0.335 e. The third kappa shape index (κ3) is 3.30. The molecule has 0 aliphatic carbocycles. The van der Waals surface area contributed by atoms with E-state index in [9.17, 15) is 8.78 Å². The van der Waals surface area contributed by atoms with Crippen LogP contribution in [-0.2, 0) is 5.75 Å². The SMILES string of the molecule is Nn1c(SCc2nc3ccccc3n2C(F)F)nnc1-c1ccccc1Br. The van der Waals surface area contributed by atoms with Gasteiger partial charge in [0, 0.05) is 10.0 Å². The van der Waals surface area contributed by atoms with Crippen LogP contribution in [0.1, 0.15) is 12.4 Å². The van der Waals surface area contributed by atoms with Crippen LogP contribution in [0.3, 0.4) is 0 Å². The van der Waals surface area contributed by atoms with Crippen LogP contribution in [0.4, 0.5) is 8.78 Å². The highest BCUT2D eigenvalue weighted by Gasteiger charge is 2.19. The Hall–Kier alpha value is -2.46. The first-order valence-electron chi connectivity index (χ1n) is 7.88. The van der Waals surface area contributed by atoms with Crippen LogP contribution in [-0.4, -0.2) is 24.4 Å². The zero-order valence-corrected chi connectivity index (χ0v) is 16.2. The summed E-state index contributed by atoms with van der Waals surface area (Å²) >= 11 is 4.66. The van der Waals surface area contributed by atoms with Crippen LogP contribution in [0.25, 0.3) is 22.4 Å². The Morgan fingerprint density at radius 2 is 1.81 bits per heavy atom. The van der Waals surface area contributed by atoms with Crippen molar-refractivity contribution in [3.05, 3.63) is 58.8 Å². The molecule has 0 spiro atoms. The molecule has 2 N–H and O–H groups in total. The number of alkyl halides is 2. The minimum atomic E-state index is -2.68. The summed E-state index contributed by atoms with van der Waals surface area (Å²) in [5.74, 6) is 7.03. The molecule has 2 aromatic heterocycles. The zero-order valence-electron chi connectivity index (χ0n) is 13.8. The summed E-state index contributed by atoms with van der Waals surface area (Å²) in [5.41, 5.74) is 1.71. The van der Waals surface area contributed by atoms with Crippen molar-refractivity contribution < 1.29 is 8.78 Å². The van der Waals surface area contributed by atoms with E-state index in [0.717, 1.165) is 14.6 Å². The average Bonchev–Trinajstić information content (AvgIpc) is 3.20. The van der Waals surface area contributed by atoms with Crippen molar-refractivity contribution in [3.8, 4) is 11.4 Å². The summed E-state index contributed by atoms with van der Waals surface area (Å²) in [4.78, 5) is 4.31. The van der Waals surface area contributed by atoms with E-state index in [1.54, 1.807) is 24.3 Å². The molecule has 10 heteroatoms. The van der Waals surface area contributed by atoms with Crippen LogP contribution in [0, 0.1) is 0 Å². The van der Waals surface area contributed by atoms with Gasteiger partial charge in [0.25, 0.3) is 0 Å². The van der Waals surface area contributed by atoms with E-state index in [4.69, 9.17) is 5.84 Å². The Bertz CT molecular complexity index is 1110. The van der Waals surface area contributed by atoms with Gasteiger partial charge in [0.1, 0.15) is 5.82 Å². The maximum absolute atomic E-state index is 13.5. The normalized spacial score (nSPS) is 11.6. The van der Waals surface area contributed by atoms with Crippen molar-refractivity contribution >= 4 is 38.7 Å². The standard InChI is InChI=1S/C17H13BrF2N6S/c18-11-6-2-1-5-10(11)15-23-24-17(26(15)21)27-9-14-22-12-7-3-4-8-13(12)25(14)16(19)20/h1-8,16H,9,21H2. The van der Waals surface area contributed by atoms with Gasteiger partial charge in [-0.2, -0.15) is 8.78 Å². The number of halogens is 3. The summed E-state index contributed by atoms with van der Waals surface area (Å²) in [6.07, 6.45) is 0. The monoisotopic (exact) mass is 450 g/mol. The van der Waals surface area contributed by atoms with Crippen LogP contribution < -0.4 is 5.84 Å². The van der Waals surface area contributed by atoms with Crippen molar-refractivity contribution in [3.63, 3.8) is 0 Å². The summed E-state index contributed by atoms with van der Waals surface area (Å²) in [7, 11) is 0. The van der Waals surface area contributed by atoms with Gasteiger partial charge in [0.15, 0.2) is 5.82 Å². The maximum Gasteiger partial charge on any atom is 0.320 e. The highest BCUT2D eigenvalue weighted by molar-refractivity contribution is 9.10. The lowest BCUT2D eigenvalue weighted by Crippen LogP contribution is -2.12. The molecule has 0 saturated carbocycles. The number of aromatic nitrogens is 5. The highest BCUT2D eigenvalue weighted by Crippen LogP contribution is 2.30. The Balaban J connectivity index is 1.63. The van der Waals surface area contributed by atoms with E-state index < -0.39 is 6.55 Å². The molecule has 138 valence electrons. The van der Waals surface area contributed by atoms with Gasteiger partial charge in [0.05, 0.1) is 16.8 Å². The topological polar surface area (TPSA) is 74.6 Å². The number of fused-ring (bicyclic) bond motifs is 1. The fraction of sp³-hybridized carbons (Fsp3) is 0.118. The lowest BCUT2D eigenvalue weighted by molar-refractivity contribution is 0.0722. The van der Waals surface area contributed by atoms with E-state index >= 15 is 0 Å². The van der Waals surface area contributed by atoms with Gasteiger partial charge >= 0.3 is 6.55 Å². The molecule has 2 heterocycles. The fourth-order valence-electron chi connectivity index (χ4n) is 2.74. The Morgan fingerprint density at radius 3 is 2.59 bits per heavy atom. The smallest absolute Gasteiger partial charge is 0.320 e. The van der Waals surface area contributed by atoms with E-state index in [0.29, 0.717) is 22.0 Å². The van der Waals surface area contributed by atoms with Gasteiger partial charge in [-0.25, -0.2) is 9.66 Å². The van der Waals surface area contributed by atoms with Crippen molar-refractivity contribution in [2.24, 2.45) is 0 Å². The van der Waals surface area contributed by atoms with Gasteiger partial charge in [-0.15, -0.1) is 10.2 Å². The van der Waals surface area contributed by atoms with Crippen molar-refractivity contribution in [2.45, 2.75) is 17.5 Å². The molecule has 0 unspecified atom stereocenters. The molecular formula is C17H13BrF2N6S. The van der Waals surface area contributed by atoms with Crippen molar-refractivity contribution in [1.82, 2.24) is 24.4 Å². The lowest BCUT2D eigenvalue weighted by atomic mass is 10.2. The zero-order chi connectivity index (χ0) is 19.0. The van der Waals surface area contributed by atoms with Gasteiger partial charge in [-0.05, 0) is 24.3 Å². The van der Waals surface area contributed by atoms with Gasteiger partial charge in [0.2, 0.25) is 5.16 Å². The second-order valence-electron chi connectivity index (χ2n) is 5.61. The number of hydrogen-bond acceptors (Lipinski definition) is 5. The van der Waals surface area contributed by atoms with Crippen LogP contribution in [0.5, 0.6) is 0 Å². The maximum atomic E-state index is 13.5. The third-order valence-electron chi connectivity index (χ3n) is 3.97. The fourth-order valence-corrected chi connectivity index (χ4v) is 3.99. The Labute approximate surface area is 165 Å². The first-order chi connectivity index (χ1) is 13.1. The highest BCUT2D eigenvalue weighted by atomic mass is 79.9. The predicted molar refractivity (Wildman–Crippen MR) is 104 cm³/mol. The molecule has 0 aliphatic rings. The van der Waals surface area contributed by atoms with Crippen LogP contribution in [0.15, 0.2) is 58.2 Å². The molecule has 0 saturated heterocycles. The molecule has 0 amide bonds. The largest absolute Gasteiger partial charge is 0.335 e. The van der Waals surface area contributed by atoms with E-state index in [-0.39, 0.29) is 11.6 Å². The second kappa shape index (κ2) is 7.28.